The molecular weight excluding hydrogens is 365 g/mol. The summed E-state index contributed by atoms with van der Waals surface area (Å²) in [5.41, 5.74) is 0. The smallest absolute Gasteiger partial charge is 0.193 e. The Bertz CT molecular complexity index is 254. The number of nitrogens with one attached hydrogen (secondary N) is 1. The Kier molecular flexibility index (Phi) is 12.7. The number of rotatable bonds is 7. The molecule has 0 unspecified atom stereocenters. The molecule has 0 saturated carbocycles. The molecule has 1 fully saturated rings. The Morgan fingerprint density at radius 2 is 1.90 bits per heavy atom. The van der Waals surface area contributed by atoms with E-state index in [4.69, 9.17) is 4.74 Å². The Hall–Kier alpha value is -0.0400. The van der Waals surface area contributed by atoms with E-state index < -0.39 is 0 Å². The van der Waals surface area contributed by atoms with Gasteiger partial charge < -0.3 is 15.0 Å². The minimum Gasteiger partial charge on any atom is -0.381 e. The summed E-state index contributed by atoms with van der Waals surface area (Å²) in [5.74, 6) is 1.92. The molecule has 0 atom stereocenters. The number of likely N-dealkylation sites (tertiary alicyclic amines) is 1. The van der Waals surface area contributed by atoms with Gasteiger partial charge in [-0.2, -0.15) is 0 Å². The van der Waals surface area contributed by atoms with Gasteiger partial charge in [0.25, 0.3) is 0 Å². The molecular formula is C15H32IN3O. The summed E-state index contributed by atoms with van der Waals surface area (Å²) in [4.78, 5) is 6.75. The van der Waals surface area contributed by atoms with Gasteiger partial charge in [-0.15, -0.1) is 24.0 Å². The molecule has 120 valence electrons. The van der Waals surface area contributed by atoms with Crippen LogP contribution in [-0.2, 0) is 4.74 Å². The topological polar surface area (TPSA) is 36.9 Å². The minimum atomic E-state index is 0. The third-order valence-electron chi connectivity index (χ3n) is 3.69. The molecule has 1 saturated heterocycles. The Balaban J connectivity index is 0.00000361. The van der Waals surface area contributed by atoms with E-state index in [9.17, 15) is 0 Å². The van der Waals surface area contributed by atoms with Crippen molar-refractivity contribution in [1.82, 2.24) is 10.2 Å². The Morgan fingerprint density at radius 3 is 2.50 bits per heavy atom. The van der Waals surface area contributed by atoms with Crippen LogP contribution < -0.4 is 5.32 Å². The zero-order valence-electron chi connectivity index (χ0n) is 13.4. The van der Waals surface area contributed by atoms with Crippen molar-refractivity contribution < 1.29 is 4.74 Å². The highest BCUT2D eigenvalue weighted by Gasteiger charge is 2.17. The van der Waals surface area contributed by atoms with Gasteiger partial charge in [0.2, 0.25) is 0 Å². The van der Waals surface area contributed by atoms with E-state index >= 15 is 0 Å². The van der Waals surface area contributed by atoms with Crippen LogP contribution in [0.3, 0.4) is 0 Å². The molecule has 20 heavy (non-hydrogen) atoms. The molecule has 0 radical (unpaired) electrons. The maximum absolute atomic E-state index is 5.56. The lowest BCUT2D eigenvalue weighted by Gasteiger charge is -2.32. The second-order valence-electron chi connectivity index (χ2n) is 5.46. The summed E-state index contributed by atoms with van der Waals surface area (Å²) >= 11 is 0. The molecule has 1 N–H and O–H groups in total. The molecule has 1 aliphatic heterocycles. The van der Waals surface area contributed by atoms with Crippen molar-refractivity contribution in [2.75, 3.05) is 39.9 Å². The van der Waals surface area contributed by atoms with Crippen LogP contribution in [-0.4, -0.2) is 50.8 Å². The van der Waals surface area contributed by atoms with Gasteiger partial charge in [0.15, 0.2) is 5.96 Å². The van der Waals surface area contributed by atoms with Gasteiger partial charge in [-0.05, 0) is 31.6 Å². The molecule has 0 aromatic rings. The number of nitrogens with zero attached hydrogens (tertiary/aromatic N) is 2. The lowest BCUT2D eigenvalue weighted by Crippen LogP contribution is -2.45. The lowest BCUT2D eigenvalue weighted by atomic mass is 10.00. The molecule has 1 heterocycles. The number of halogens is 1. The average molecular weight is 397 g/mol. The van der Waals surface area contributed by atoms with Gasteiger partial charge in [-0.3, -0.25) is 4.99 Å². The predicted octanol–water partition coefficient (Wildman–Crippen LogP) is 3.12. The molecule has 5 heteroatoms. The van der Waals surface area contributed by atoms with Crippen molar-refractivity contribution >= 4 is 29.9 Å². The summed E-state index contributed by atoms with van der Waals surface area (Å²) in [5, 5.41) is 3.44. The van der Waals surface area contributed by atoms with Gasteiger partial charge in [0.05, 0.1) is 0 Å². The van der Waals surface area contributed by atoms with Crippen molar-refractivity contribution in [3.8, 4) is 0 Å². The maximum Gasteiger partial charge on any atom is 0.193 e. The zero-order chi connectivity index (χ0) is 13.9. The first-order valence-electron chi connectivity index (χ1n) is 7.81. The first kappa shape index (κ1) is 20.0. The first-order valence-corrected chi connectivity index (χ1v) is 7.81. The van der Waals surface area contributed by atoms with Crippen LogP contribution in [0.2, 0.25) is 0 Å². The fourth-order valence-electron chi connectivity index (χ4n) is 2.28. The monoisotopic (exact) mass is 397 g/mol. The summed E-state index contributed by atoms with van der Waals surface area (Å²) in [6.45, 7) is 9.48. The van der Waals surface area contributed by atoms with Crippen LogP contribution in [0.1, 0.15) is 46.0 Å². The average Bonchev–Trinajstić information content (AvgIpc) is 2.43. The number of piperidine rings is 1. The van der Waals surface area contributed by atoms with E-state index in [0.717, 1.165) is 51.1 Å². The van der Waals surface area contributed by atoms with Gasteiger partial charge in [-0.25, -0.2) is 0 Å². The second kappa shape index (κ2) is 12.7. The fraction of sp³-hybridized carbons (Fsp3) is 0.933. The minimum absolute atomic E-state index is 0. The highest BCUT2D eigenvalue weighted by molar-refractivity contribution is 14.0. The predicted molar refractivity (Wildman–Crippen MR) is 97.1 cm³/mol. The number of unbranched alkanes of at least 4 members (excludes halogenated alkanes) is 1. The molecule has 1 rings (SSSR count). The van der Waals surface area contributed by atoms with Gasteiger partial charge in [0, 0.05) is 39.9 Å². The molecule has 0 aromatic carbocycles. The molecule has 0 spiro atoms. The van der Waals surface area contributed by atoms with Gasteiger partial charge >= 0.3 is 0 Å². The number of hydrogen-bond donors (Lipinski definition) is 1. The van der Waals surface area contributed by atoms with Crippen molar-refractivity contribution in [3.05, 3.63) is 0 Å². The van der Waals surface area contributed by atoms with Crippen LogP contribution in [0.25, 0.3) is 0 Å². The Labute approximate surface area is 141 Å². The van der Waals surface area contributed by atoms with Crippen LogP contribution >= 0.6 is 24.0 Å². The molecule has 0 amide bonds. The molecule has 0 aromatic heterocycles. The highest BCUT2D eigenvalue weighted by Crippen LogP contribution is 2.15. The first-order chi connectivity index (χ1) is 9.27. The van der Waals surface area contributed by atoms with E-state index in [1.165, 1.54) is 25.7 Å². The highest BCUT2D eigenvalue weighted by atomic mass is 127. The van der Waals surface area contributed by atoms with Crippen molar-refractivity contribution in [2.45, 2.75) is 46.0 Å². The van der Waals surface area contributed by atoms with E-state index in [-0.39, 0.29) is 24.0 Å². The standard InChI is InChI=1S/C15H31N3O.HI/c1-4-5-12-19-13-6-9-17-15(16-3)18-10-7-14(2)8-11-18;/h14H,4-13H2,1-3H3,(H,16,17);1H. The number of aliphatic imine (C=N–C) groups is 1. The summed E-state index contributed by atoms with van der Waals surface area (Å²) in [6.07, 6.45) is 5.98. The molecule has 4 nitrogen and oxygen atoms in total. The van der Waals surface area contributed by atoms with Crippen molar-refractivity contribution in [3.63, 3.8) is 0 Å². The van der Waals surface area contributed by atoms with Gasteiger partial charge in [0.1, 0.15) is 0 Å². The fourth-order valence-corrected chi connectivity index (χ4v) is 2.28. The SMILES string of the molecule is CCCCOCCCNC(=NC)N1CCC(C)CC1.I. The van der Waals surface area contributed by atoms with Crippen LogP contribution in [0.5, 0.6) is 0 Å². The van der Waals surface area contributed by atoms with Crippen molar-refractivity contribution in [2.24, 2.45) is 10.9 Å². The van der Waals surface area contributed by atoms with Crippen LogP contribution in [0.4, 0.5) is 0 Å². The van der Waals surface area contributed by atoms with E-state index in [1.807, 2.05) is 7.05 Å². The van der Waals surface area contributed by atoms with E-state index in [2.05, 4.69) is 29.1 Å². The third-order valence-corrected chi connectivity index (χ3v) is 3.69. The maximum atomic E-state index is 5.56. The molecule has 0 bridgehead atoms. The largest absolute Gasteiger partial charge is 0.381 e. The van der Waals surface area contributed by atoms with Crippen LogP contribution in [0, 0.1) is 5.92 Å². The quantitative estimate of drug-likeness (QED) is 0.311. The molecule has 1 aliphatic rings. The Morgan fingerprint density at radius 1 is 1.25 bits per heavy atom. The van der Waals surface area contributed by atoms with Gasteiger partial charge in [-0.1, -0.05) is 20.3 Å². The number of ether oxygens (including phenoxy) is 1. The van der Waals surface area contributed by atoms with E-state index in [0.29, 0.717) is 0 Å². The molecule has 0 aliphatic carbocycles. The zero-order valence-corrected chi connectivity index (χ0v) is 15.7. The number of guanidine groups is 1. The van der Waals surface area contributed by atoms with Crippen LogP contribution in [0.15, 0.2) is 4.99 Å². The summed E-state index contributed by atoms with van der Waals surface area (Å²) < 4.78 is 5.56. The summed E-state index contributed by atoms with van der Waals surface area (Å²) in [6, 6.07) is 0. The summed E-state index contributed by atoms with van der Waals surface area (Å²) in [7, 11) is 1.87. The number of hydrogen-bond acceptors (Lipinski definition) is 2. The second-order valence-corrected chi connectivity index (χ2v) is 5.46. The van der Waals surface area contributed by atoms with E-state index in [1.54, 1.807) is 0 Å². The normalized spacial score (nSPS) is 16.9. The lowest BCUT2D eigenvalue weighted by molar-refractivity contribution is 0.129. The third kappa shape index (κ3) is 8.29. The van der Waals surface area contributed by atoms with Crippen molar-refractivity contribution in [1.29, 1.82) is 0 Å².